The molecule has 1 unspecified atom stereocenters. The van der Waals surface area contributed by atoms with Gasteiger partial charge in [-0.05, 0) is 65.6 Å². The molecule has 0 spiro atoms. The Labute approximate surface area is 190 Å². The molecule has 0 radical (unpaired) electrons. The minimum Gasteiger partial charge on any atom is -0.496 e. The predicted molar refractivity (Wildman–Crippen MR) is 121 cm³/mol. The minimum atomic E-state index is -0.906. The fraction of sp³-hybridized carbons (Fsp3) is 0.160. The number of rotatable bonds is 4. The van der Waals surface area contributed by atoms with Crippen LogP contribution in [-0.2, 0) is 15.1 Å². The number of halogens is 1. The molecule has 1 aliphatic rings. The SMILES string of the molecule is COc1ccc(C2(c3ccc(F)c(-c4cccc(C#N)c4)c3)COC(N)=N2)cc1C.O=CO. The van der Waals surface area contributed by atoms with Gasteiger partial charge in [0, 0.05) is 5.56 Å². The van der Waals surface area contributed by atoms with Crippen molar-refractivity contribution in [2.24, 2.45) is 10.7 Å². The van der Waals surface area contributed by atoms with Crippen LogP contribution in [0.1, 0.15) is 22.3 Å². The molecule has 4 rings (SSSR count). The summed E-state index contributed by atoms with van der Waals surface area (Å²) in [4.78, 5) is 13.0. The highest BCUT2D eigenvalue weighted by Crippen LogP contribution is 2.40. The lowest BCUT2D eigenvalue weighted by Crippen LogP contribution is -2.27. The van der Waals surface area contributed by atoms with Crippen molar-refractivity contribution >= 4 is 12.5 Å². The van der Waals surface area contributed by atoms with Crippen LogP contribution in [0.4, 0.5) is 4.39 Å². The number of amidine groups is 1. The van der Waals surface area contributed by atoms with Gasteiger partial charge in [-0.25, -0.2) is 9.38 Å². The van der Waals surface area contributed by atoms with E-state index in [1.807, 2.05) is 25.1 Å². The van der Waals surface area contributed by atoms with Crippen LogP contribution in [0.5, 0.6) is 5.75 Å². The number of methoxy groups -OCH3 is 1. The zero-order valence-corrected chi connectivity index (χ0v) is 18.1. The van der Waals surface area contributed by atoms with Gasteiger partial charge in [-0.3, -0.25) is 4.79 Å². The zero-order valence-electron chi connectivity index (χ0n) is 18.1. The second-order valence-electron chi connectivity index (χ2n) is 7.28. The third-order valence-electron chi connectivity index (χ3n) is 5.35. The van der Waals surface area contributed by atoms with Gasteiger partial charge < -0.3 is 20.3 Å². The Balaban J connectivity index is 0.000000968. The van der Waals surface area contributed by atoms with Gasteiger partial charge in [-0.15, -0.1) is 0 Å². The van der Waals surface area contributed by atoms with E-state index in [1.54, 1.807) is 43.5 Å². The third-order valence-corrected chi connectivity index (χ3v) is 5.35. The molecule has 1 aliphatic heterocycles. The molecular weight excluding hydrogens is 425 g/mol. The summed E-state index contributed by atoms with van der Waals surface area (Å²) in [5, 5.41) is 16.1. The molecule has 0 aromatic heterocycles. The molecule has 33 heavy (non-hydrogen) atoms. The van der Waals surface area contributed by atoms with E-state index in [1.165, 1.54) is 6.07 Å². The number of benzene rings is 3. The summed E-state index contributed by atoms with van der Waals surface area (Å²) in [6.07, 6.45) is 0. The number of ether oxygens (including phenoxy) is 2. The molecule has 1 heterocycles. The summed E-state index contributed by atoms with van der Waals surface area (Å²) in [7, 11) is 1.62. The second-order valence-corrected chi connectivity index (χ2v) is 7.28. The van der Waals surface area contributed by atoms with Gasteiger partial charge in [0.05, 0.1) is 18.7 Å². The number of carbonyl (C=O) groups is 1. The highest BCUT2D eigenvalue weighted by Gasteiger charge is 2.40. The van der Waals surface area contributed by atoms with Gasteiger partial charge in [-0.2, -0.15) is 5.26 Å². The fourth-order valence-electron chi connectivity index (χ4n) is 3.79. The molecule has 0 bridgehead atoms. The Kier molecular flexibility index (Phi) is 6.94. The molecule has 0 saturated carbocycles. The topological polar surface area (TPSA) is 118 Å². The first kappa shape index (κ1) is 23.3. The lowest BCUT2D eigenvalue weighted by Gasteiger charge is -2.26. The third kappa shape index (κ3) is 4.62. The van der Waals surface area contributed by atoms with Crippen LogP contribution >= 0.6 is 0 Å². The van der Waals surface area contributed by atoms with Crippen molar-refractivity contribution in [2.75, 3.05) is 13.7 Å². The highest BCUT2D eigenvalue weighted by molar-refractivity contribution is 5.76. The molecule has 0 saturated heterocycles. The number of hydrogen-bond donors (Lipinski definition) is 2. The maximum atomic E-state index is 14.8. The average molecular weight is 447 g/mol. The Morgan fingerprint density at radius 3 is 2.52 bits per heavy atom. The fourth-order valence-corrected chi connectivity index (χ4v) is 3.79. The Morgan fingerprint density at radius 2 is 1.91 bits per heavy atom. The molecular formula is C25H22FN3O4. The normalized spacial score (nSPS) is 16.5. The van der Waals surface area contributed by atoms with Crippen LogP contribution < -0.4 is 10.5 Å². The van der Waals surface area contributed by atoms with E-state index in [0.717, 1.165) is 22.4 Å². The Hall–Kier alpha value is -4.38. The number of nitrogens with zero attached hydrogens (tertiary/aromatic N) is 2. The number of nitriles is 1. The summed E-state index contributed by atoms with van der Waals surface area (Å²) in [5.74, 6) is 0.378. The molecule has 0 amide bonds. The summed E-state index contributed by atoms with van der Waals surface area (Å²) < 4.78 is 25.7. The van der Waals surface area contributed by atoms with Crippen molar-refractivity contribution in [3.05, 3.63) is 88.7 Å². The lowest BCUT2D eigenvalue weighted by molar-refractivity contribution is -0.122. The quantitative estimate of drug-likeness (QED) is 0.585. The number of nitrogens with two attached hydrogens (primary N) is 1. The highest BCUT2D eigenvalue weighted by atomic mass is 19.1. The van der Waals surface area contributed by atoms with Crippen molar-refractivity contribution in [1.82, 2.24) is 0 Å². The lowest BCUT2D eigenvalue weighted by atomic mass is 9.82. The summed E-state index contributed by atoms with van der Waals surface area (Å²) in [5.41, 5.74) is 9.00. The number of aryl methyl sites for hydroxylation is 1. The van der Waals surface area contributed by atoms with Crippen LogP contribution in [0.2, 0.25) is 0 Å². The Bertz CT molecular complexity index is 1250. The molecule has 168 valence electrons. The first-order chi connectivity index (χ1) is 15.9. The van der Waals surface area contributed by atoms with E-state index < -0.39 is 5.54 Å². The molecule has 1 atom stereocenters. The second kappa shape index (κ2) is 9.83. The number of carboxylic acid groups (broad SMARTS) is 1. The van der Waals surface area contributed by atoms with E-state index in [9.17, 15) is 9.65 Å². The summed E-state index contributed by atoms with van der Waals surface area (Å²) in [6, 6.07) is 19.6. The monoisotopic (exact) mass is 447 g/mol. The Morgan fingerprint density at radius 1 is 1.21 bits per heavy atom. The van der Waals surface area contributed by atoms with E-state index in [0.29, 0.717) is 16.7 Å². The number of aliphatic imine (C=N–C) groups is 1. The first-order valence-electron chi connectivity index (χ1n) is 9.90. The zero-order chi connectivity index (χ0) is 24.0. The van der Waals surface area contributed by atoms with E-state index >= 15 is 0 Å². The van der Waals surface area contributed by atoms with Crippen LogP contribution in [-0.4, -0.2) is 31.3 Å². The van der Waals surface area contributed by atoms with Crippen LogP contribution in [0.3, 0.4) is 0 Å². The summed E-state index contributed by atoms with van der Waals surface area (Å²) in [6.45, 7) is 1.90. The van der Waals surface area contributed by atoms with Crippen molar-refractivity contribution in [3.63, 3.8) is 0 Å². The van der Waals surface area contributed by atoms with E-state index in [2.05, 4.69) is 11.1 Å². The average Bonchev–Trinajstić information content (AvgIpc) is 3.22. The molecule has 7 nitrogen and oxygen atoms in total. The van der Waals surface area contributed by atoms with Gasteiger partial charge in [0.1, 0.15) is 18.2 Å². The molecule has 3 aromatic carbocycles. The molecule has 0 aliphatic carbocycles. The summed E-state index contributed by atoms with van der Waals surface area (Å²) >= 11 is 0. The molecule has 8 heteroatoms. The van der Waals surface area contributed by atoms with Gasteiger partial charge in [0.2, 0.25) is 0 Å². The van der Waals surface area contributed by atoms with E-state index in [4.69, 9.17) is 25.1 Å². The predicted octanol–water partition coefficient (Wildman–Crippen LogP) is 3.97. The van der Waals surface area contributed by atoms with Crippen molar-refractivity contribution < 1.29 is 23.8 Å². The standard InChI is InChI=1S/C24H20FN3O2.CH2O2/c1-15-10-18(7-9-22(15)29-2)24(14-30-23(27)28-24)19-6-8-21(25)20(12-19)17-5-3-4-16(11-17)13-26;2-1-3/h3-12H,14H2,1-2H3,(H2,27,28);1H,(H,2,3). The van der Waals surface area contributed by atoms with Crippen LogP contribution in [0.15, 0.2) is 65.7 Å². The van der Waals surface area contributed by atoms with Gasteiger partial charge >= 0.3 is 0 Å². The molecule has 0 fully saturated rings. The van der Waals surface area contributed by atoms with Gasteiger partial charge in [-0.1, -0.05) is 24.3 Å². The maximum absolute atomic E-state index is 14.8. The number of hydrogen-bond acceptors (Lipinski definition) is 6. The first-order valence-corrected chi connectivity index (χ1v) is 9.90. The van der Waals surface area contributed by atoms with Gasteiger partial charge in [0.15, 0.2) is 5.54 Å². The van der Waals surface area contributed by atoms with Crippen molar-refractivity contribution in [2.45, 2.75) is 12.5 Å². The smallest absolute Gasteiger partial charge is 0.290 e. The van der Waals surface area contributed by atoms with Crippen LogP contribution in [0, 0.1) is 24.1 Å². The van der Waals surface area contributed by atoms with Crippen LogP contribution in [0.25, 0.3) is 11.1 Å². The van der Waals surface area contributed by atoms with Gasteiger partial charge in [0.25, 0.3) is 12.5 Å². The van der Waals surface area contributed by atoms with E-state index in [-0.39, 0.29) is 24.9 Å². The largest absolute Gasteiger partial charge is 0.496 e. The minimum absolute atomic E-state index is 0.0841. The molecule has 3 aromatic rings. The van der Waals surface area contributed by atoms with Crippen molar-refractivity contribution in [3.8, 4) is 22.9 Å². The molecule has 3 N–H and O–H groups in total. The van der Waals surface area contributed by atoms with Crippen molar-refractivity contribution in [1.29, 1.82) is 5.26 Å². The maximum Gasteiger partial charge on any atom is 0.290 e.